The van der Waals surface area contributed by atoms with Crippen LogP contribution in [0.25, 0.3) is 22.4 Å². The molecule has 34 heavy (non-hydrogen) atoms. The number of hydrogen-bond acceptors (Lipinski definition) is 4. The zero-order valence-corrected chi connectivity index (χ0v) is 19.0. The highest BCUT2D eigenvalue weighted by Crippen LogP contribution is 2.46. The van der Waals surface area contributed by atoms with Crippen LogP contribution in [0.3, 0.4) is 0 Å². The predicted molar refractivity (Wildman–Crippen MR) is 129 cm³/mol. The smallest absolute Gasteiger partial charge is 0.256 e. The minimum Gasteiger partial charge on any atom is -0.342 e. The summed E-state index contributed by atoms with van der Waals surface area (Å²) in [5.74, 6) is 2.62. The first-order valence-electron chi connectivity index (χ1n) is 12.4. The van der Waals surface area contributed by atoms with Crippen molar-refractivity contribution in [1.29, 1.82) is 0 Å². The summed E-state index contributed by atoms with van der Waals surface area (Å²) in [7, 11) is 0. The first-order valence-corrected chi connectivity index (χ1v) is 12.4. The number of aromatic amines is 1. The van der Waals surface area contributed by atoms with Gasteiger partial charge in [-0.15, -0.1) is 0 Å². The lowest BCUT2D eigenvalue weighted by Crippen LogP contribution is -2.40. The lowest BCUT2D eigenvalue weighted by Gasteiger charge is -2.23. The molecule has 7 rings (SSSR count). The van der Waals surface area contributed by atoms with E-state index in [9.17, 15) is 9.59 Å². The van der Waals surface area contributed by atoms with Crippen molar-refractivity contribution in [2.75, 3.05) is 19.6 Å². The van der Waals surface area contributed by atoms with Crippen LogP contribution in [0, 0.1) is 11.8 Å². The largest absolute Gasteiger partial charge is 0.342 e. The van der Waals surface area contributed by atoms with Gasteiger partial charge in [-0.05, 0) is 50.2 Å². The van der Waals surface area contributed by atoms with Gasteiger partial charge in [-0.3, -0.25) is 19.5 Å². The molecule has 1 aromatic heterocycles. The maximum absolute atomic E-state index is 13.3. The number of amides is 2. The second kappa shape index (κ2) is 7.26. The van der Waals surface area contributed by atoms with Gasteiger partial charge in [0.25, 0.3) is 5.91 Å². The molecule has 7 nitrogen and oxygen atoms in total. The van der Waals surface area contributed by atoms with Gasteiger partial charge in [0.15, 0.2) is 0 Å². The third-order valence-electron chi connectivity index (χ3n) is 7.71. The number of para-hydroxylation sites is 2. The van der Waals surface area contributed by atoms with Crippen LogP contribution in [-0.2, 0) is 9.59 Å². The van der Waals surface area contributed by atoms with Crippen molar-refractivity contribution in [1.82, 2.24) is 19.8 Å². The summed E-state index contributed by atoms with van der Waals surface area (Å²) in [5, 5.41) is 0. The number of nitrogens with zero attached hydrogens (tertiary/aromatic N) is 4. The van der Waals surface area contributed by atoms with Gasteiger partial charge < -0.3 is 9.88 Å². The third kappa shape index (κ3) is 3.25. The van der Waals surface area contributed by atoms with Crippen LogP contribution < -0.4 is 0 Å². The van der Waals surface area contributed by atoms with Crippen LogP contribution >= 0.6 is 0 Å². The second-order valence-electron chi connectivity index (χ2n) is 10.3. The molecule has 1 atom stereocenters. The van der Waals surface area contributed by atoms with Gasteiger partial charge in [-0.25, -0.2) is 4.98 Å². The summed E-state index contributed by atoms with van der Waals surface area (Å²) < 4.78 is 0. The van der Waals surface area contributed by atoms with Gasteiger partial charge in [-0.1, -0.05) is 36.4 Å². The predicted octanol–water partition coefficient (Wildman–Crippen LogP) is 3.61. The number of imidazole rings is 1. The number of fused-ring (bicyclic) bond motifs is 1. The molecule has 2 aromatic carbocycles. The monoisotopic (exact) mass is 453 g/mol. The molecule has 0 radical (unpaired) electrons. The van der Waals surface area contributed by atoms with Crippen molar-refractivity contribution in [2.45, 2.75) is 37.6 Å². The fraction of sp³-hybridized carbons (Fsp3) is 0.407. The Morgan fingerprint density at radius 1 is 1.03 bits per heavy atom. The van der Waals surface area contributed by atoms with E-state index in [1.165, 1.54) is 0 Å². The number of likely N-dealkylation sites (tertiary alicyclic amines) is 1. The topological polar surface area (TPSA) is 81.7 Å². The number of hydrogen-bond donors (Lipinski definition) is 1. The molecule has 2 saturated carbocycles. The molecule has 1 unspecified atom stereocenters. The van der Waals surface area contributed by atoms with E-state index in [0.29, 0.717) is 18.4 Å². The van der Waals surface area contributed by atoms with Gasteiger partial charge in [0.1, 0.15) is 17.2 Å². The Balaban J connectivity index is 1.12. The molecule has 1 spiro atoms. The van der Waals surface area contributed by atoms with Crippen molar-refractivity contribution in [3.05, 3.63) is 54.1 Å². The minimum absolute atomic E-state index is 0.135. The lowest BCUT2D eigenvalue weighted by atomic mass is 10.1. The molecule has 2 aliphatic heterocycles. The van der Waals surface area contributed by atoms with Crippen molar-refractivity contribution in [2.24, 2.45) is 16.8 Å². The minimum atomic E-state index is -0.533. The van der Waals surface area contributed by atoms with E-state index in [0.717, 1.165) is 79.0 Å². The molecule has 3 aromatic rings. The third-order valence-corrected chi connectivity index (χ3v) is 7.71. The maximum atomic E-state index is 13.3. The maximum Gasteiger partial charge on any atom is 0.256 e. The van der Waals surface area contributed by atoms with E-state index >= 15 is 0 Å². The molecule has 2 aliphatic carbocycles. The van der Waals surface area contributed by atoms with Gasteiger partial charge in [0.05, 0.1) is 11.0 Å². The standard InChI is InChI=1S/C27H27N5O2/c33-25(20-9-10-20)31-14-11-17(15-31)16-32-24(30-27(12-13-27)26(32)34)19-7-5-18(6-8-19)23-28-21-3-1-2-4-22(21)29-23/h1-8,17,20H,9-16H2,(H,28,29). The molecule has 3 fully saturated rings. The van der Waals surface area contributed by atoms with Gasteiger partial charge in [0, 0.05) is 36.7 Å². The summed E-state index contributed by atoms with van der Waals surface area (Å²) >= 11 is 0. The molecule has 0 bridgehead atoms. The number of aromatic nitrogens is 2. The van der Waals surface area contributed by atoms with E-state index in [2.05, 4.69) is 4.98 Å². The fourth-order valence-electron chi connectivity index (χ4n) is 5.39. The second-order valence-corrected chi connectivity index (χ2v) is 10.3. The Bertz CT molecular complexity index is 1300. The number of carbonyl (C=O) groups is 2. The lowest BCUT2D eigenvalue weighted by molar-refractivity contribution is -0.131. The molecule has 172 valence electrons. The van der Waals surface area contributed by atoms with Crippen LogP contribution in [0.5, 0.6) is 0 Å². The Hall–Kier alpha value is -3.48. The van der Waals surface area contributed by atoms with Crippen molar-refractivity contribution < 1.29 is 9.59 Å². The number of H-pyrrole nitrogens is 1. The Morgan fingerprint density at radius 2 is 1.79 bits per heavy atom. The number of carbonyl (C=O) groups excluding carboxylic acids is 2. The quantitative estimate of drug-likeness (QED) is 0.641. The van der Waals surface area contributed by atoms with Gasteiger partial charge >= 0.3 is 0 Å². The SMILES string of the molecule is O=C(C1CC1)N1CCC(CN2C(=O)C3(CC3)N=C2c2ccc(-c3nc4ccccc4[nH]3)cc2)C1. The molecule has 1 saturated heterocycles. The van der Waals surface area contributed by atoms with E-state index < -0.39 is 5.54 Å². The number of aliphatic imine (C=N–C) groups is 1. The number of benzene rings is 2. The summed E-state index contributed by atoms with van der Waals surface area (Å²) in [5.41, 5.74) is 3.39. The van der Waals surface area contributed by atoms with Crippen LogP contribution in [-0.4, -0.2) is 62.6 Å². The normalized spacial score (nSPS) is 23.2. The highest BCUT2D eigenvalue weighted by atomic mass is 16.2. The van der Waals surface area contributed by atoms with E-state index in [4.69, 9.17) is 9.98 Å². The Morgan fingerprint density at radius 3 is 2.53 bits per heavy atom. The number of nitrogens with one attached hydrogen (secondary N) is 1. The molecule has 1 N–H and O–H groups in total. The Kier molecular flexibility index (Phi) is 4.26. The highest BCUT2D eigenvalue weighted by molar-refractivity contribution is 6.16. The summed E-state index contributed by atoms with van der Waals surface area (Å²) in [6, 6.07) is 16.2. The molecule has 3 heterocycles. The van der Waals surface area contributed by atoms with E-state index in [1.807, 2.05) is 58.3 Å². The van der Waals surface area contributed by atoms with E-state index in [-0.39, 0.29) is 11.8 Å². The summed E-state index contributed by atoms with van der Waals surface area (Å²) in [6.45, 7) is 2.20. The summed E-state index contributed by atoms with van der Waals surface area (Å²) in [4.78, 5) is 42.7. The zero-order chi connectivity index (χ0) is 22.9. The average molecular weight is 454 g/mol. The van der Waals surface area contributed by atoms with Gasteiger partial charge in [0.2, 0.25) is 5.91 Å². The van der Waals surface area contributed by atoms with Crippen LogP contribution in [0.15, 0.2) is 53.5 Å². The molecule has 2 amide bonds. The van der Waals surface area contributed by atoms with Crippen LogP contribution in [0.1, 0.15) is 37.7 Å². The fourth-order valence-corrected chi connectivity index (χ4v) is 5.39. The first-order chi connectivity index (χ1) is 16.6. The number of amidine groups is 1. The van der Waals surface area contributed by atoms with Gasteiger partial charge in [-0.2, -0.15) is 0 Å². The highest BCUT2D eigenvalue weighted by Gasteiger charge is 2.57. The first kappa shape index (κ1) is 19.9. The molecule has 7 heteroatoms. The van der Waals surface area contributed by atoms with Crippen molar-refractivity contribution >= 4 is 28.7 Å². The van der Waals surface area contributed by atoms with Crippen molar-refractivity contribution in [3.8, 4) is 11.4 Å². The number of rotatable bonds is 5. The van der Waals surface area contributed by atoms with E-state index in [1.54, 1.807) is 0 Å². The van der Waals surface area contributed by atoms with Crippen LogP contribution in [0.4, 0.5) is 0 Å². The summed E-state index contributed by atoms with van der Waals surface area (Å²) in [6.07, 6.45) is 4.69. The zero-order valence-electron chi connectivity index (χ0n) is 19.0. The average Bonchev–Trinajstić information content (AvgIpc) is 3.75. The van der Waals surface area contributed by atoms with Crippen molar-refractivity contribution in [3.63, 3.8) is 0 Å². The van der Waals surface area contributed by atoms with Crippen LogP contribution in [0.2, 0.25) is 0 Å². The molecule has 4 aliphatic rings. The Labute approximate surface area is 197 Å². The molecular formula is C27H27N5O2. The molecular weight excluding hydrogens is 426 g/mol.